The van der Waals surface area contributed by atoms with Gasteiger partial charge >= 0.3 is 5.69 Å². The first-order valence-corrected chi connectivity index (χ1v) is 6.52. The number of hydrogen-bond acceptors (Lipinski definition) is 5. The van der Waals surface area contributed by atoms with Crippen molar-refractivity contribution in [2.45, 2.75) is 26.2 Å². The highest BCUT2D eigenvalue weighted by molar-refractivity contribution is 5.62. The number of aromatic nitrogens is 2. The summed E-state index contributed by atoms with van der Waals surface area (Å²) in [5.41, 5.74) is 0.631. The maximum Gasteiger partial charge on any atom is 0.334 e. The van der Waals surface area contributed by atoms with E-state index in [2.05, 4.69) is 5.10 Å². The van der Waals surface area contributed by atoms with Crippen molar-refractivity contribution in [3.05, 3.63) is 15.8 Å². The molecule has 0 amide bonds. The van der Waals surface area contributed by atoms with E-state index >= 15 is 0 Å². The van der Waals surface area contributed by atoms with Crippen LogP contribution >= 0.6 is 0 Å². The van der Waals surface area contributed by atoms with Crippen molar-refractivity contribution >= 4 is 11.5 Å². The van der Waals surface area contributed by atoms with Crippen molar-refractivity contribution in [1.29, 1.82) is 0 Å². The molecule has 19 heavy (non-hydrogen) atoms. The lowest BCUT2D eigenvalue weighted by molar-refractivity contribution is -0.385. The van der Waals surface area contributed by atoms with Crippen LogP contribution in [-0.2, 0) is 7.05 Å². The van der Waals surface area contributed by atoms with Gasteiger partial charge in [0.25, 0.3) is 0 Å². The molecule has 0 aromatic carbocycles. The molecule has 1 unspecified atom stereocenters. The van der Waals surface area contributed by atoms with Crippen LogP contribution in [0.1, 0.15) is 31.9 Å². The first-order chi connectivity index (χ1) is 8.95. The summed E-state index contributed by atoms with van der Waals surface area (Å²) >= 11 is 0. The van der Waals surface area contributed by atoms with E-state index in [0.29, 0.717) is 18.1 Å². The van der Waals surface area contributed by atoms with Crippen LogP contribution in [0.5, 0.6) is 0 Å². The Kier molecular flexibility index (Phi) is 3.75. The summed E-state index contributed by atoms with van der Waals surface area (Å²) in [6.45, 7) is 5.30. The number of hydrogen-bond donors (Lipinski definition) is 1. The predicted molar refractivity (Wildman–Crippen MR) is 71.4 cm³/mol. The minimum atomic E-state index is -0.343. The molecular weight excluding hydrogens is 248 g/mol. The summed E-state index contributed by atoms with van der Waals surface area (Å²) in [4.78, 5) is 13.0. The standard InChI is InChI=1S/C12H20N4O3/c1-8(2)10-11(16(18)19)12(14(3)13-10)15-5-4-9(6-15)7-17/h8-9,17H,4-7H2,1-3H3. The summed E-state index contributed by atoms with van der Waals surface area (Å²) in [5, 5.41) is 24.8. The van der Waals surface area contributed by atoms with Gasteiger partial charge < -0.3 is 10.0 Å². The van der Waals surface area contributed by atoms with E-state index in [-0.39, 0.29) is 29.1 Å². The van der Waals surface area contributed by atoms with Gasteiger partial charge in [-0.3, -0.25) is 10.1 Å². The molecule has 106 valence electrons. The fourth-order valence-electron chi connectivity index (χ4n) is 2.62. The van der Waals surface area contributed by atoms with Crippen LogP contribution in [0.4, 0.5) is 11.5 Å². The van der Waals surface area contributed by atoms with Gasteiger partial charge in [-0.2, -0.15) is 5.10 Å². The van der Waals surface area contributed by atoms with Crippen molar-refractivity contribution in [3.8, 4) is 0 Å². The number of aliphatic hydroxyl groups is 1. The summed E-state index contributed by atoms with van der Waals surface area (Å²) in [6.07, 6.45) is 0.857. The normalized spacial score (nSPS) is 19.4. The van der Waals surface area contributed by atoms with Crippen LogP contribution in [0.2, 0.25) is 0 Å². The van der Waals surface area contributed by atoms with E-state index in [9.17, 15) is 15.2 Å². The topological polar surface area (TPSA) is 84.4 Å². The Labute approximate surface area is 112 Å². The van der Waals surface area contributed by atoms with E-state index < -0.39 is 0 Å². The van der Waals surface area contributed by atoms with Gasteiger partial charge in [-0.25, -0.2) is 4.68 Å². The third kappa shape index (κ3) is 2.42. The van der Waals surface area contributed by atoms with Crippen molar-refractivity contribution in [3.63, 3.8) is 0 Å². The number of aryl methyl sites for hydroxylation is 1. The number of aliphatic hydroxyl groups excluding tert-OH is 1. The average molecular weight is 268 g/mol. The Morgan fingerprint density at radius 2 is 2.26 bits per heavy atom. The molecule has 0 bridgehead atoms. The van der Waals surface area contributed by atoms with Crippen LogP contribution < -0.4 is 4.90 Å². The predicted octanol–water partition coefficient (Wildman–Crippen LogP) is 1.27. The van der Waals surface area contributed by atoms with E-state index in [0.717, 1.165) is 13.0 Å². The zero-order valence-electron chi connectivity index (χ0n) is 11.5. The van der Waals surface area contributed by atoms with Gasteiger partial charge in [-0.15, -0.1) is 0 Å². The van der Waals surface area contributed by atoms with Crippen molar-refractivity contribution in [2.24, 2.45) is 13.0 Å². The fraction of sp³-hybridized carbons (Fsp3) is 0.750. The van der Waals surface area contributed by atoms with Crippen LogP contribution in [0.15, 0.2) is 0 Å². The van der Waals surface area contributed by atoms with Crippen molar-refractivity contribution in [1.82, 2.24) is 9.78 Å². The molecule has 1 fully saturated rings. The molecule has 7 nitrogen and oxygen atoms in total. The van der Waals surface area contributed by atoms with Crippen LogP contribution in [0.25, 0.3) is 0 Å². The van der Waals surface area contributed by atoms with E-state index in [1.54, 1.807) is 11.7 Å². The second-order valence-corrected chi connectivity index (χ2v) is 5.38. The number of nitro groups is 1. The average Bonchev–Trinajstić information content (AvgIpc) is 2.92. The van der Waals surface area contributed by atoms with Gasteiger partial charge in [-0.1, -0.05) is 13.8 Å². The Morgan fingerprint density at radius 1 is 1.58 bits per heavy atom. The van der Waals surface area contributed by atoms with E-state index in [4.69, 9.17) is 0 Å². The van der Waals surface area contributed by atoms with Crippen LogP contribution in [0, 0.1) is 16.0 Å². The zero-order valence-corrected chi connectivity index (χ0v) is 11.5. The maximum absolute atomic E-state index is 11.3. The lowest BCUT2D eigenvalue weighted by Gasteiger charge is -2.17. The van der Waals surface area contributed by atoms with Gasteiger partial charge in [0.1, 0.15) is 5.69 Å². The van der Waals surface area contributed by atoms with E-state index in [1.165, 1.54) is 0 Å². The van der Waals surface area contributed by atoms with Crippen LogP contribution in [-0.4, -0.2) is 39.5 Å². The number of nitrogens with zero attached hydrogens (tertiary/aromatic N) is 4. The third-order valence-corrected chi connectivity index (χ3v) is 3.59. The molecule has 1 aromatic rings. The molecule has 1 aromatic heterocycles. The molecule has 2 heterocycles. The van der Waals surface area contributed by atoms with Crippen LogP contribution in [0.3, 0.4) is 0 Å². The lowest BCUT2D eigenvalue weighted by atomic mass is 10.1. The highest BCUT2D eigenvalue weighted by Gasteiger charge is 2.34. The number of rotatable bonds is 4. The number of anilines is 1. The molecule has 2 rings (SSSR count). The molecular formula is C12H20N4O3. The van der Waals surface area contributed by atoms with Gasteiger partial charge in [0.05, 0.1) is 4.92 Å². The SMILES string of the molecule is CC(C)c1nn(C)c(N2CCC(CO)C2)c1[N+](=O)[O-]. The Balaban J connectivity index is 2.42. The molecule has 0 spiro atoms. The van der Waals surface area contributed by atoms with Gasteiger partial charge in [0.15, 0.2) is 0 Å². The van der Waals surface area contributed by atoms with E-state index in [1.807, 2.05) is 18.7 Å². The Bertz CT molecular complexity index is 484. The highest BCUT2D eigenvalue weighted by Crippen LogP contribution is 2.37. The maximum atomic E-state index is 11.3. The molecule has 0 radical (unpaired) electrons. The minimum absolute atomic E-state index is 0.0107. The lowest BCUT2D eigenvalue weighted by Crippen LogP contribution is -2.23. The highest BCUT2D eigenvalue weighted by atomic mass is 16.6. The Morgan fingerprint density at radius 3 is 2.74 bits per heavy atom. The molecule has 1 aliphatic rings. The monoisotopic (exact) mass is 268 g/mol. The molecule has 1 atom stereocenters. The fourth-order valence-corrected chi connectivity index (χ4v) is 2.62. The molecule has 1 saturated heterocycles. The molecule has 0 saturated carbocycles. The molecule has 0 aliphatic carbocycles. The second-order valence-electron chi connectivity index (χ2n) is 5.38. The largest absolute Gasteiger partial charge is 0.396 e. The minimum Gasteiger partial charge on any atom is -0.396 e. The van der Waals surface area contributed by atoms with Gasteiger partial charge in [0.2, 0.25) is 5.82 Å². The Hall–Kier alpha value is -1.63. The molecule has 7 heteroatoms. The second kappa shape index (κ2) is 5.16. The van der Waals surface area contributed by atoms with Gasteiger partial charge in [0, 0.05) is 38.6 Å². The van der Waals surface area contributed by atoms with Crippen molar-refractivity contribution < 1.29 is 10.0 Å². The molecule has 1 aliphatic heterocycles. The summed E-state index contributed by atoms with van der Waals surface area (Å²) < 4.78 is 1.59. The van der Waals surface area contributed by atoms with Gasteiger partial charge in [-0.05, 0) is 6.42 Å². The van der Waals surface area contributed by atoms with Crippen molar-refractivity contribution in [2.75, 3.05) is 24.6 Å². The first-order valence-electron chi connectivity index (χ1n) is 6.52. The summed E-state index contributed by atoms with van der Waals surface area (Å²) in [7, 11) is 1.74. The summed E-state index contributed by atoms with van der Waals surface area (Å²) in [6, 6.07) is 0. The zero-order chi connectivity index (χ0) is 14.2. The smallest absolute Gasteiger partial charge is 0.334 e. The first kappa shape index (κ1) is 13.8. The quantitative estimate of drug-likeness (QED) is 0.656. The third-order valence-electron chi connectivity index (χ3n) is 3.59. The summed E-state index contributed by atoms with van der Waals surface area (Å²) in [5.74, 6) is 0.762. The molecule has 1 N–H and O–H groups in total.